The van der Waals surface area contributed by atoms with E-state index in [9.17, 15) is 27.5 Å². The third-order valence-corrected chi connectivity index (χ3v) is 10.3. The number of amides is 1. The highest BCUT2D eigenvalue weighted by molar-refractivity contribution is 7.91. The van der Waals surface area contributed by atoms with Gasteiger partial charge in [0, 0.05) is 24.2 Å². The normalized spacial score (nSPS) is 19.4. The van der Waals surface area contributed by atoms with Crippen molar-refractivity contribution in [2.45, 2.75) is 50.5 Å². The van der Waals surface area contributed by atoms with E-state index in [0.717, 1.165) is 0 Å². The van der Waals surface area contributed by atoms with Crippen molar-refractivity contribution < 1.29 is 41.7 Å². The molecule has 5 rings (SSSR count). The molecule has 10 nitrogen and oxygen atoms in total. The lowest BCUT2D eigenvalue weighted by atomic mass is 9.82. The molecule has 0 spiro atoms. The van der Waals surface area contributed by atoms with E-state index >= 15 is 0 Å². The highest BCUT2D eigenvalue weighted by atomic mass is 32.2. The van der Waals surface area contributed by atoms with E-state index in [1.807, 2.05) is 13.8 Å². The molecule has 2 aliphatic heterocycles. The Morgan fingerprint density at radius 2 is 1.69 bits per heavy atom. The first-order valence-corrected chi connectivity index (χ1v) is 16.5. The highest BCUT2D eigenvalue weighted by Gasteiger charge is 2.48. The largest absolute Gasteiger partial charge is 0.493 e. The van der Waals surface area contributed by atoms with Gasteiger partial charge in [-0.3, -0.25) is 14.5 Å². The number of likely N-dealkylation sites (tertiary alicyclic amines) is 1. The van der Waals surface area contributed by atoms with Crippen LogP contribution in [0.5, 0.6) is 17.2 Å². The number of aliphatic carboxylic acids is 1. The number of aryl methyl sites for hydroxylation is 2. The van der Waals surface area contributed by atoms with Gasteiger partial charge in [-0.15, -0.1) is 0 Å². The number of halogens is 1. The molecule has 0 aromatic heterocycles. The maximum Gasteiger partial charge on any atom is 0.309 e. The van der Waals surface area contributed by atoms with E-state index in [0.29, 0.717) is 58.0 Å². The number of methoxy groups -OCH3 is 1. The Hall–Kier alpha value is -4.16. The number of anilines is 1. The van der Waals surface area contributed by atoms with Gasteiger partial charge in [-0.2, -0.15) is 0 Å². The molecule has 3 aromatic carbocycles. The summed E-state index contributed by atoms with van der Waals surface area (Å²) in [5, 5.41) is 13.6. The van der Waals surface area contributed by atoms with Gasteiger partial charge in [0.1, 0.15) is 5.82 Å². The molecule has 0 aliphatic carbocycles. The van der Waals surface area contributed by atoms with Gasteiger partial charge in [-0.25, -0.2) is 12.8 Å². The zero-order chi connectivity index (χ0) is 32.5. The first-order valence-electron chi connectivity index (χ1n) is 14.9. The summed E-state index contributed by atoms with van der Waals surface area (Å²) in [5.41, 5.74) is 3.09. The Kier molecular flexibility index (Phi) is 9.36. The number of rotatable bonds is 11. The summed E-state index contributed by atoms with van der Waals surface area (Å²) in [6.07, 6.45) is 1.02. The van der Waals surface area contributed by atoms with Crippen LogP contribution in [0, 0.1) is 11.7 Å². The van der Waals surface area contributed by atoms with Gasteiger partial charge in [-0.05, 0) is 71.5 Å². The van der Waals surface area contributed by atoms with E-state index in [1.54, 1.807) is 36.1 Å². The lowest BCUT2D eigenvalue weighted by molar-refractivity contribution is -0.143. The maximum absolute atomic E-state index is 14.2. The number of carbonyl (C=O) groups is 2. The minimum absolute atomic E-state index is 0.00694. The van der Waals surface area contributed by atoms with E-state index < -0.39 is 33.7 Å². The molecule has 0 radical (unpaired) electrons. The molecule has 2 aliphatic rings. The number of hydrogen-bond acceptors (Lipinski definition) is 8. The third kappa shape index (κ3) is 6.34. The second-order valence-electron chi connectivity index (χ2n) is 11.1. The SMILES string of the molecule is CCc1cc(F)cc(CC)c1NC(=O)CN1C[C@H](c2cc(OC)c3c(c2)OCO3)[C@@H](C(=O)O)[C@@H]1c1ccc(S(=O)(=O)CC)cc1. The molecule has 0 unspecified atom stereocenters. The van der Waals surface area contributed by atoms with Crippen LogP contribution in [0.15, 0.2) is 53.4 Å². The molecule has 1 saturated heterocycles. The number of carboxylic acids is 1. The lowest BCUT2D eigenvalue weighted by Crippen LogP contribution is -2.35. The van der Waals surface area contributed by atoms with Gasteiger partial charge in [0.15, 0.2) is 21.3 Å². The summed E-state index contributed by atoms with van der Waals surface area (Å²) in [5.74, 6) is -2.23. The van der Waals surface area contributed by atoms with Crippen molar-refractivity contribution in [3.63, 3.8) is 0 Å². The summed E-state index contributed by atoms with van der Waals surface area (Å²) in [7, 11) is -1.99. The van der Waals surface area contributed by atoms with Gasteiger partial charge in [-0.1, -0.05) is 32.9 Å². The molecular formula is C33H37FN2O8S. The zero-order valence-electron chi connectivity index (χ0n) is 25.6. The summed E-state index contributed by atoms with van der Waals surface area (Å²) in [6, 6.07) is 11.7. The van der Waals surface area contributed by atoms with E-state index in [2.05, 4.69) is 5.32 Å². The van der Waals surface area contributed by atoms with Crippen LogP contribution < -0.4 is 19.5 Å². The smallest absolute Gasteiger partial charge is 0.309 e. The monoisotopic (exact) mass is 640 g/mol. The van der Waals surface area contributed by atoms with Gasteiger partial charge < -0.3 is 24.6 Å². The number of sulfone groups is 1. The fraction of sp³-hybridized carbons (Fsp3) is 0.394. The topological polar surface area (TPSA) is 131 Å². The number of benzene rings is 3. The molecule has 3 aromatic rings. The van der Waals surface area contributed by atoms with Crippen LogP contribution in [0.25, 0.3) is 0 Å². The zero-order valence-corrected chi connectivity index (χ0v) is 26.4. The quantitative estimate of drug-likeness (QED) is 0.299. The number of nitrogens with zero attached hydrogens (tertiary/aromatic N) is 1. The average molecular weight is 641 g/mol. The number of carbonyl (C=O) groups excluding carboxylic acids is 1. The van der Waals surface area contributed by atoms with Crippen LogP contribution in [-0.4, -0.2) is 63.0 Å². The van der Waals surface area contributed by atoms with Crippen molar-refractivity contribution in [3.8, 4) is 17.2 Å². The van der Waals surface area contributed by atoms with Crippen molar-refractivity contribution in [2.75, 3.05) is 38.1 Å². The fourth-order valence-electron chi connectivity index (χ4n) is 6.34. The molecule has 2 N–H and O–H groups in total. The molecule has 3 atom stereocenters. The summed E-state index contributed by atoms with van der Waals surface area (Å²) >= 11 is 0. The Bertz CT molecular complexity index is 1690. The summed E-state index contributed by atoms with van der Waals surface area (Å²) in [6.45, 7) is 5.35. The molecule has 12 heteroatoms. The number of ether oxygens (including phenoxy) is 3. The van der Waals surface area contributed by atoms with Crippen LogP contribution in [0.3, 0.4) is 0 Å². The first-order chi connectivity index (χ1) is 21.5. The Labute approximate surface area is 262 Å². The average Bonchev–Trinajstić information content (AvgIpc) is 3.66. The predicted molar refractivity (Wildman–Crippen MR) is 165 cm³/mol. The van der Waals surface area contributed by atoms with E-state index in [4.69, 9.17) is 14.2 Å². The molecule has 1 amide bonds. The molecule has 2 heterocycles. The number of carboxylic acid groups (broad SMARTS) is 1. The molecule has 240 valence electrons. The second kappa shape index (κ2) is 13.1. The number of hydrogen-bond donors (Lipinski definition) is 2. The summed E-state index contributed by atoms with van der Waals surface area (Å²) < 4.78 is 55.9. The lowest BCUT2D eigenvalue weighted by Gasteiger charge is -2.27. The van der Waals surface area contributed by atoms with Gasteiger partial charge in [0.05, 0.1) is 30.2 Å². The van der Waals surface area contributed by atoms with Crippen molar-refractivity contribution in [3.05, 3.63) is 76.6 Å². The number of nitrogens with one attached hydrogen (secondary N) is 1. The van der Waals surface area contributed by atoms with Crippen LogP contribution in [0.2, 0.25) is 0 Å². The molecule has 1 fully saturated rings. The van der Waals surface area contributed by atoms with Crippen LogP contribution in [0.1, 0.15) is 55.0 Å². The minimum Gasteiger partial charge on any atom is -0.493 e. The first kappa shape index (κ1) is 32.2. The van der Waals surface area contributed by atoms with Crippen molar-refractivity contribution in [2.24, 2.45) is 5.92 Å². The second-order valence-corrected chi connectivity index (χ2v) is 13.4. The highest BCUT2D eigenvalue weighted by Crippen LogP contribution is 2.50. The van der Waals surface area contributed by atoms with Gasteiger partial charge in [0.2, 0.25) is 18.4 Å². The fourth-order valence-corrected chi connectivity index (χ4v) is 7.22. The standard InChI is InChI=1S/C33H37FN2O8S/c1-5-19-12-23(34)13-20(6-2)30(19)35-28(37)17-36-16-25(22-14-26(42-4)32-27(15-22)43-18-44-32)29(33(38)39)31(36)21-8-10-24(11-9-21)45(40,41)7-3/h8-15,25,29,31H,5-7,16-18H2,1-4H3,(H,35,37)(H,38,39)/t25-,29-,31+/m1/s1. The van der Waals surface area contributed by atoms with Crippen molar-refractivity contribution in [1.82, 2.24) is 4.90 Å². The molecule has 0 saturated carbocycles. The molecule has 0 bridgehead atoms. The molecular weight excluding hydrogens is 603 g/mol. The van der Waals surface area contributed by atoms with Gasteiger partial charge in [0.25, 0.3) is 0 Å². The van der Waals surface area contributed by atoms with Crippen LogP contribution in [0.4, 0.5) is 10.1 Å². The maximum atomic E-state index is 14.2. The predicted octanol–water partition coefficient (Wildman–Crippen LogP) is 4.96. The van der Waals surface area contributed by atoms with Gasteiger partial charge >= 0.3 is 5.97 Å². The van der Waals surface area contributed by atoms with E-state index in [1.165, 1.54) is 31.4 Å². The van der Waals surface area contributed by atoms with Crippen LogP contribution in [-0.2, 0) is 32.3 Å². The van der Waals surface area contributed by atoms with Crippen molar-refractivity contribution >= 4 is 27.4 Å². The Balaban J connectivity index is 1.55. The van der Waals surface area contributed by atoms with Crippen molar-refractivity contribution in [1.29, 1.82) is 0 Å². The summed E-state index contributed by atoms with van der Waals surface area (Å²) in [4.78, 5) is 28.6. The van der Waals surface area contributed by atoms with Crippen LogP contribution >= 0.6 is 0 Å². The van der Waals surface area contributed by atoms with E-state index in [-0.39, 0.29) is 42.3 Å². The minimum atomic E-state index is -3.48. The Morgan fingerprint density at radius 1 is 1.02 bits per heavy atom. The number of fused-ring (bicyclic) bond motifs is 1. The Morgan fingerprint density at radius 3 is 2.27 bits per heavy atom. The molecule has 45 heavy (non-hydrogen) atoms. The third-order valence-electron chi connectivity index (χ3n) is 8.59.